The van der Waals surface area contributed by atoms with Gasteiger partial charge in [0, 0.05) is 11.6 Å². The molecule has 6 heteroatoms. The number of benzene rings is 3. The summed E-state index contributed by atoms with van der Waals surface area (Å²) in [5.41, 5.74) is 1.06. The van der Waals surface area contributed by atoms with Crippen LogP contribution in [0.2, 0.25) is 0 Å². The number of nitrogens with one attached hydrogen (secondary N) is 1. The summed E-state index contributed by atoms with van der Waals surface area (Å²) in [6.45, 7) is -0.311. The molecule has 0 spiro atoms. The third-order valence-electron chi connectivity index (χ3n) is 4.35. The predicted octanol–water partition coefficient (Wildman–Crippen LogP) is 3.84. The summed E-state index contributed by atoms with van der Waals surface area (Å²) in [6.07, 6.45) is 0. The van der Waals surface area contributed by atoms with E-state index in [0.717, 1.165) is 21.0 Å². The molecule has 1 heterocycles. The average Bonchev–Trinajstić information content (AvgIpc) is 2.71. The zero-order valence-corrected chi connectivity index (χ0v) is 14.8. The van der Waals surface area contributed by atoms with E-state index in [1.165, 1.54) is 24.3 Å². The van der Waals surface area contributed by atoms with E-state index in [4.69, 9.17) is 0 Å². The van der Waals surface area contributed by atoms with Gasteiger partial charge in [0.05, 0.1) is 11.4 Å². The summed E-state index contributed by atoms with van der Waals surface area (Å²) in [5.74, 6) is -1.07. The van der Waals surface area contributed by atoms with Crippen LogP contribution in [0.4, 0.5) is 10.1 Å². The largest absolute Gasteiger partial charge is 0.322 e. The van der Waals surface area contributed by atoms with Crippen LogP contribution in [0.5, 0.6) is 0 Å². The molecule has 0 bridgehead atoms. The van der Waals surface area contributed by atoms with Crippen molar-refractivity contribution in [3.63, 3.8) is 0 Å². The number of nitrogens with zero attached hydrogens (tertiary/aromatic N) is 2. The van der Waals surface area contributed by atoms with E-state index in [-0.39, 0.29) is 12.2 Å². The van der Waals surface area contributed by atoms with Crippen LogP contribution in [0, 0.1) is 5.82 Å². The van der Waals surface area contributed by atoms with Crippen LogP contribution in [0.3, 0.4) is 0 Å². The third kappa shape index (κ3) is 3.66. The highest BCUT2D eigenvalue weighted by atomic mass is 19.1. The maximum absolute atomic E-state index is 13.7. The molecule has 28 heavy (non-hydrogen) atoms. The van der Waals surface area contributed by atoms with Crippen LogP contribution < -0.4 is 10.9 Å². The molecule has 4 aromatic rings. The highest BCUT2D eigenvalue weighted by Gasteiger charge is 2.10. The maximum atomic E-state index is 13.7. The number of hydrogen-bond acceptors (Lipinski definition) is 3. The Kier molecular flexibility index (Phi) is 4.68. The monoisotopic (exact) mass is 373 g/mol. The second-order valence-corrected chi connectivity index (χ2v) is 6.30. The van der Waals surface area contributed by atoms with Gasteiger partial charge < -0.3 is 5.32 Å². The zero-order chi connectivity index (χ0) is 19.5. The van der Waals surface area contributed by atoms with E-state index in [9.17, 15) is 14.0 Å². The lowest BCUT2D eigenvalue weighted by Crippen LogP contribution is -2.29. The number of para-hydroxylation sites is 1. The summed E-state index contributed by atoms with van der Waals surface area (Å²) in [5, 5.41) is 8.91. The van der Waals surface area contributed by atoms with Crippen molar-refractivity contribution in [2.45, 2.75) is 6.54 Å². The van der Waals surface area contributed by atoms with Crippen LogP contribution in [-0.4, -0.2) is 15.7 Å². The standard InChI is InChI=1S/C22H16FN3O2/c23-18-7-3-4-8-20(18)24-21(27)14-26-22(28)12-11-19(25-26)17-10-9-15-5-1-2-6-16(15)13-17/h1-13H,14H2,(H,24,27). The van der Waals surface area contributed by atoms with Crippen molar-refractivity contribution in [1.82, 2.24) is 9.78 Å². The van der Waals surface area contributed by atoms with Crippen molar-refractivity contribution in [2.24, 2.45) is 0 Å². The molecule has 0 unspecified atom stereocenters. The van der Waals surface area contributed by atoms with E-state index < -0.39 is 17.3 Å². The smallest absolute Gasteiger partial charge is 0.267 e. The van der Waals surface area contributed by atoms with Gasteiger partial charge in [-0.05, 0) is 35.0 Å². The summed E-state index contributed by atoms with van der Waals surface area (Å²) in [7, 11) is 0. The maximum Gasteiger partial charge on any atom is 0.267 e. The third-order valence-corrected chi connectivity index (χ3v) is 4.35. The summed E-state index contributed by atoms with van der Waals surface area (Å²) < 4.78 is 14.8. The summed E-state index contributed by atoms with van der Waals surface area (Å²) in [6, 6.07) is 22.6. The van der Waals surface area contributed by atoms with Crippen molar-refractivity contribution in [1.29, 1.82) is 0 Å². The van der Waals surface area contributed by atoms with E-state index in [1.54, 1.807) is 12.1 Å². The molecule has 1 amide bonds. The second-order valence-electron chi connectivity index (χ2n) is 6.30. The Bertz CT molecular complexity index is 1230. The number of carbonyl (C=O) groups is 1. The highest BCUT2D eigenvalue weighted by Crippen LogP contribution is 2.22. The van der Waals surface area contributed by atoms with E-state index in [2.05, 4.69) is 10.4 Å². The fraction of sp³-hybridized carbons (Fsp3) is 0.0455. The minimum absolute atomic E-state index is 0.0613. The number of rotatable bonds is 4. The number of hydrogen-bond donors (Lipinski definition) is 1. The fourth-order valence-electron chi connectivity index (χ4n) is 2.95. The minimum Gasteiger partial charge on any atom is -0.322 e. The van der Waals surface area contributed by atoms with Gasteiger partial charge in [0.25, 0.3) is 5.56 Å². The van der Waals surface area contributed by atoms with Gasteiger partial charge in [0.1, 0.15) is 12.4 Å². The molecular weight excluding hydrogens is 357 g/mol. The van der Waals surface area contributed by atoms with Gasteiger partial charge in [-0.3, -0.25) is 9.59 Å². The molecule has 0 fully saturated rings. The molecule has 0 aliphatic heterocycles. The van der Waals surface area contributed by atoms with Gasteiger partial charge in [-0.1, -0.05) is 48.5 Å². The normalized spacial score (nSPS) is 10.8. The van der Waals surface area contributed by atoms with Crippen molar-refractivity contribution in [3.05, 3.63) is 95.0 Å². The first kappa shape index (κ1) is 17.6. The Morgan fingerprint density at radius 1 is 0.929 bits per heavy atom. The topological polar surface area (TPSA) is 64.0 Å². The molecule has 5 nitrogen and oxygen atoms in total. The molecule has 3 aromatic carbocycles. The van der Waals surface area contributed by atoms with E-state index in [0.29, 0.717) is 5.69 Å². The van der Waals surface area contributed by atoms with Gasteiger partial charge >= 0.3 is 0 Å². The number of carbonyl (C=O) groups excluding carboxylic acids is 1. The molecule has 0 radical (unpaired) electrons. The molecule has 1 N–H and O–H groups in total. The molecule has 0 saturated carbocycles. The van der Waals surface area contributed by atoms with Gasteiger partial charge in [0.2, 0.25) is 5.91 Å². The van der Waals surface area contributed by atoms with Gasteiger partial charge in [-0.15, -0.1) is 0 Å². The number of fused-ring (bicyclic) bond motifs is 1. The van der Waals surface area contributed by atoms with Gasteiger partial charge in [0.15, 0.2) is 0 Å². The Balaban J connectivity index is 1.60. The molecule has 1 aromatic heterocycles. The van der Waals surface area contributed by atoms with Gasteiger partial charge in [-0.25, -0.2) is 9.07 Å². The van der Waals surface area contributed by atoms with Gasteiger partial charge in [-0.2, -0.15) is 5.10 Å². The number of anilines is 1. The molecule has 0 aliphatic carbocycles. The zero-order valence-electron chi connectivity index (χ0n) is 14.8. The average molecular weight is 373 g/mol. The van der Waals surface area contributed by atoms with Crippen LogP contribution >= 0.6 is 0 Å². The quantitative estimate of drug-likeness (QED) is 0.591. The minimum atomic E-state index is -0.541. The fourth-order valence-corrected chi connectivity index (χ4v) is 2.95. The SMILES string of the molecule is O=C(Cn1nc(-c2ccc3ccccc3c2)ccc1=O)Nc1ccccc1F. The van der Waals surface area contributed by atoms with Crippen LogP contribution in [0.1, 0.15) is 0 Å². The lowest BCUT2D eigenvalue weighted by molar-refractivity contribution is -0.117. The number of aromatic nitrogens is 2. The molecule has 138 valence electrons. The molecular formula is C22H16FN3O2. The molecule has 4 rings (SSSR count). The number of halogens is 1. The first-order valence-electron chi connectivity index (χ1n) is 8.72. The number of amides is 1. The summed E-state index contributed by atoms with van der Waals surface area (Å²) in [4.78, 5) is 24.3. The summed E-state index contributed by atoms with van der Waals surface area (Å²) >= 11 is 0. The predicted molar refractivity (Wildman–Crippen MR) is 106 cm³/mol. The Morgan fingerprint density at radius 3 is 2.50 bits per heavy atom. The first-order chi connectivity index (χ1) is 13.6. The van der Waals surface area contributed by atoms with Crippen molar-refractivity contribution >= 4 is 22.4 Å². The van der Waals surface area contributed by atoms with E-state index >= 15 is 0 Å². The second kappa shape index (κ2) is 7.44. The lowest BCUT2D eigenvalue weighted by Gasteiger charge is -2.09. The Morgan fingerprint density at radius 2 is 1.68 bits per heavy atom. The first-order valence-corrected chi connectivity index (χ1v) is 8.72. The van der Waals surface area contributed by atoms with Crippen LogP contribution in [0.15, 0.2) is 83.7 Å². The Hall–Kier alpha value is -3.80. The molecule has 0 aliphatic rings. The Labute approximate surface area is 160 Å². The molecule has 0 atom stereocenters. The van der Waals surface area contributed by atoms with E-state index in [1.807, 2.05) is 42.5 Å². The van der Waals surface area contributed by atoms with Crippen LogP contribution in [-0.2, 0) is 11.3 Å². The highest BCUT2D eigenvalue weighted by molar-refractivity contribution is 5.90. The van der Waals surface area contributed by atoms with Crippen LogP contribution in [0.25, 0.3) is 22.0 Å². The lowest BCUT2D eigenvalue weighted by atomic mass is 10.1. The van der Waals surface area contributed by atoms with Crippen molar-refractivity contribution in [3.8, 4) is 11.3 Å². The van der Waals surface area contributed by atoms with Crippen molar-refractivity contribution in [2.75, 3.05) is 5.32 Å². The molecule has 0 saturated heterocycles. The van der Waals surface area contributed by atoms with Crippen molar-refractivity contribution < 1.29 is 9.18 Å².